The van der Waals surface area contributed by atoms with Crippen LogP contribution in [-0.4, -0.2) is 62.8 Å². The molecule has 2 amide bonds. The van der Waals surface area contributed by atoms with Crippen LogP contribution in [0.15, 0.2) is 48.5 Å². The first-order valence-electron chi connectivity index (χ1n) is 11.8. The zero-order valence-electron chi connectivity index (χ0n) is 19.3. The largest absolute Gasteiger partial charge is 0.394 e. The van der Waals surface area contributed by atoms with Crippen molar-refractivity contribution in [2.75, 3.05) is 29.9 Å². The Balaban J connectivity index is 1.48. The van der Waals surface area contributed by atoms with Gasteiger partial charge >= 0.3 is 6.03 Å². The lowest BCUT2D eigenvalue weighted by Gasteiger charge is -2.36. The van der Waals surface area contributed by atoms with Crippen LogP contribution >= 0.6 is 0 Å². The fourth-order valence-corrected chi connectivity index (χ4v) is 4.73. The van der Waals surface area contributed by atoms with E-state index in [0.717, 1.165) is 5.56 Å². The number of urea groups is 1. The van der Waals surface area contributed by atoms with Crippen LogP contribution in [0.1, 0.15) is 24.0 Å². The normalized spacial score (nSPS) is 18.3. The maximum atomic E-state index is 14.0. The smallest absolute Gasteiger partial charge is 0.314 e. The first-order chi connectivity index (χ1) is 17.0. The maximum absolute atomic E-state index is 14.0. The van der Waals surface area contributed by atoms with Gasteiger partial charge in [-0.3, -0.25) is 0 Å². The molecular formula is C25H28FN7O2. The van der Waals surface area contributed by atoms with Crippen LogP contribution < -0.4 is 16.0 Å². The van der Waals surface area contributed by atoms with Gasteiger partial charge in [0.1, 0.15) is 5.82 Å². The summed E-state index contributed by atoms with van der Waals surface area (Å²) in [7, 11) is 0. The number of halogens is 1. The topological polar surface area (TPSA) is 120 Å². The second kappa shape index (κ2) is 9.83. The second-order valence-corrected chi connectivity index (χ2v) is 8.97. The Bertz CT molecular complexity index is 1220. The van der Waals surface area contributed by atoms with Crippen molar-refractivity contribution in [2.24, 2.45) is 5.73 Å². The van der Waals surface area contributed by atoms with Crippen LogP contribution in [0.4, 0.5) is 21.1 Å². The van der Waals surface area contributed by atoms with E-state index in [9.17, 15) is 14.3 Å². The minimum Gasteiger partial charge on any atom is -0.394 e. The standard InChI is InChI=1S/C25H28FN7O2/c26-19-7-3-6-17(12-19)22-29-24(28-20-8-10-32(11-9-20)23(27)35)31-25(30-22)33-14-18-5-2-1-4-16(18)13-21(33)15-34/h1-7,12,20-21,34H,8-11,13-15H2,(H2,27,35)(H,28,29,30,31)/t21-/m1/s1. The molecular weight excluding hydrogens is 449 g/mol. The molecule has 2 aromatic carbocycles. The highest BCUT2D eigenvalue weighted by molar-refractivity contribution is 5.72. The molecule has 0 aliphatic carbocycles. The van der Waals surface area contributed by atoms with E-state index >= 15 is 0 Å². The van der Waals surface area contributed by atoms with Crippen molar-refractivity contribution in [3.05, 3.63) is 65.5 Å². The SMILES string of the molecule is NC(=O)N1CCC(Nc2nc(-c3cccc(F)c3)nc(N3Cc4ccccc4C[C@@H]3CO)n2)CC1. The number of primary amides is 1. The number of hydrogen-bond donors (Lipinski definition) is 3. The lowest BCUT2D eigenvalue weighted by atomic mass is 9.94. The monoisotopic (exact) mass is 477 g/mol. The number of aliphatic hydroxyl groups is 1. The molecule has 10 heteroatoms. The van der Waals surface area contributed by atoms with Gasteiger partial charge in [0.25, 0.3) is 0 Å². The fourth-order valence-electron chi connectivity index (χ4n) is 4.73. The third-order valence-corrected chi connectivity index (χ3v) is 6.67. The van der Waals surface area contributed by atoms with E-state index in [1.807, 2.05) is 17.0 Å². The Kier molecular flexibility index (Phi) is 6.45. The third-order valence-electron chi connectivity index (χ3n) is 6.67. The molecule has 0 unspecified atom stereocenters. The van der Waals surface area contributed by atoms with Gasteiger partial charge < -0.3 is 26.0 Å². The molecule has 1 fully saturated rings. The van der Waals surface area contributed by atoms with Gasteiger partial charge in [-0.1, -0.05) is 36.4 Å². The number of fused-ring (bicyclic) bond motifs is 1. The number of aromatic nitrogens is 3. The number of anilines is 2. The van der Waals surface area contributed by atoms with Gasteiger partial charge in [0.2, 0.25) is 11.9 Å². The minimum atomic E-state index is -0.417. The Labute approximate surface area is 202 Å². The molecule has 2 aliphatic heterocycles. The van der Waals surface area contributed by atoms with E-state index in [0.29, 0.717) is 62.2 Å². The summed E-state index contributed by atoms with van der Waals surface area (Å²) in [6, 6.07) is 13.7. The molecule has 1 atom stereocenters. The van der Waals surface area contributed by atoms with Crippen LogP contribution in [0.25, 0.3) is 11.4 Å². The first kappa shape index (κ1) is 23.0. The zero-order chi connectivity index (χ0) is 24.4. The summed E-state index contributed by atoms with van der Waals surface area (Å²) >= 11 is 0. The molecule has 3 heterocycles. The maximum Gasteiger partial charge on any atom is 0.314 e. The first-order valence-corrected chi connectivity index (χ1v) is 11.8. The van der Waals surface area contributed by atoms with Gasteiger partial charge in [0.15, 0.2) is 5.82 Å². The van der Waals surface area contributed by atoms with Gasteiger partial charge in [-0.2, -0.15) is 15.0 Å². The quantitative estimate of drug-likeness (QED) is 0.516. The molecule has 0 radical (unpaired) electrons. The lowest BCUT2D eigenvalue weighted by Crippen LogP contribution is -2.45. The summed E-state index contributed by atoms with van der Waals surface area (Å²) in [6.45, 7) is 1.60. The van der Waals surface area contributed by atoms with Crippen molar-refractivity contribution in [2.45, 2.75) is 37.9 Å². The van der Waals surface area contributed by atoms with E-state index in [4.69, 9.17) is 10.7 Å². The van der Waals surface area contributed by atoms with E-state index in [1.165, 1.54) is 17.7 Å². The number of hydrogen-bond acceptors (Lipinski definition) is 7. The number of rotatable bonds is 5. The molecule has 1 aromatic heterocycles. The van der Waals surface area contributed by atoms with Crippen LogP contribution in [-0.2, 0) is 13.0 Å². The van der Waals surface area contributed by atoms with E-state index in [-0.39, 0.29) is 24.5 Å². The number of carbonyl (C=O) groups is 1. The summed E-state index contributed by atoms with van der Waals surface area (Å²) in [4.78, 5) is 29.0. The molecule has 3 aromatic rings. The third kappa shape index (κ3) is 5.02. The number of amides is 2. The van der Waals surface area contributed by atoms with Gasteiger partial charge in [-0.05, 0) is 42.5 Å². The molecule has 0 saturated carbocycles. The summed E-state index contributed by atoms with van der Waals surface area (Å²) in [5.74, 6) is 0.771. The summed E-state index contributed by atoms with van der Waals surface area (Å²) in [5, 5.41) is 13.5. The van der Waals surface area contributed by atoms with E-state index < -0.39 is 6.03 Å². The summed E-state index contributed by atoms with van der Waals surface area (Å²) < 4.78 is 14.0. The van der Waals surface area contributed by atoms with Gasteiger partial charge in [0, 0.05) is 31.2 Å². The van der Waals surface area contributed by atoms with Crippen molar-refractivity contribution in [3.8, 4) is 11.4 Å². The van der Waals surface area contributed by atoms with Crippen molar-refractivity contribution >= 4 is 17.9 Å². The number of carbonyl (C=O) groups excluding carboxylic acids is 1. The van der Waals surface area contributed by atoms with Crippen molar-refractivity contribution in [1.29, 1.82) is 0 Å². The molecule has 35 heavy (non-hydrogen) atoms. The lowest BCUT2D eigenvalue weighted by molar-refractivity contribution is 0.193. The van der Waals surface area contributed by atoms with E-state index in [1.54, 1.807) is 17.0 Å². The molecule has 0 spiro atoms. The van der Waals surface area contributed by atoms with Crippen LogP contribution in [0.2, 0.25) is 0 Å². The van der Waals surface area contributed by atoms with Crippen molar-refractivity contribution in [1.82, 2.24) is 19.9 Å². The highest BCUT2D eigenvalue weighted by atomic mass is 19.1. The number of nitrogens with zero attached hydrogens (tertiary/aromatic N) is 5. The predicted molar refractivity (Wildman–Crippen MR) is 130 cm³/mol. The molecule has 4 N–H and O–H groups in total. The molecule has 0 bridgehead atoms. The Morgan fingerprint density at radius 2 is 1.86 bits per heavy atom. The summed E-state index contributed by atoms with van der Waals surface area (Å²) in [5.41, 5.74) is 8.29. The molecule has 182 valence electrons. The highest BCUT2D eigenvalue weighted by Crippen LogP contribution is 2.29. The predicted octanol–water partition coefficient (Wildman–Crippen LogP) is 2.56. The number of aliphatic hydroxyl groups excluding tert-OH is 1. The second-order valence-electron chi connectivity index (χ2n) is 8.97. The van der Waals surface area contributed by atoms with Crippen molar-refractivity contribution in [3.63, 3.8) is 0 Å². The Morgan fingerprint density at radius 3 is 2.57 bits per heavy atom. The van der Waals surface area contributed by atoms with Crippen LogP contribution in [0, 0.1) is 5.82 Å². The average Bonchev–Trinajstić information content (AvgIpc) is 2.88. The van der Waals surface area contributed by atoms with Gasteiger partial charge in [0.05, 0.1) is 12.6 Å². The number of likely N-dealkylation sites (tertiary alicyclic amines) is 1. The minimum absolute atomic E-state index is 0.0519. The molecule has 5 rings (SSSR count). The number of benzene rings is 2. The van der Waals surface area contributed by atoms with Crippen molar-refractivity contribution < 1.29 is 14.3 Å². The highest BCUT2D eigenvalue weighted by Gasteiger charge is 2.29. The molecule has 2 aliphatic rings. The number of nitrogens with one attached hydrogen (secondary N) is 1. The fraction of sp³-hybridized carbons (Fsp3) is 0.360. The molecule has 9 nitrogen and oxygen atoms in total. The van der Waals surface area contributed by atoms with Crippen LogP contribution in [0.5, 0.6) is 0 Å². The van der Waals surface area contributed by atoms with Gasteiger partial charge in [-0.15, -0.1) is 0 Å². The Morgan fingerprint density at radius 1 is 1.09 bits per heavy atom. The number of nitrogens with two attached hydrogens (primary N) is 1. The average molecular weight is 478 g/mol. The van der Waals surface area contributed by atoms with E-state index in [2.05, 4.69) is 27.4 Å². The van der Waals surface area contributed by atoms with Gasteiger partial charge in [-0.25, -0.2) is 9.18 Å². The Hall–Kier alpha value is -3.79. The van der Waals surface area contributed by atoms with Crippen LogP contribution in [0.3, 0.4) is 0 Å². The number of piperidine rings is 1. The summed E-state index contributed by atoms with van der Waals surface area (Å²) in [6.07, 6.45) is 2.08. The zero-order valence-corrected chi connectivity index (χ0v) is 19.3. The molecule has 1 saturated heterocycles.